The average Bonchev–Trinajstić information content (AvgIpc) is 3.67. The molecule has 2 aromatic heterocycles. The Morgan fingerprint density at radius 1 is 0.287 bits per heavy atom. The Labute approximate surface area is 494 Å². The van der Waals surface area contributed by atoms with Gasteiger partial charge < -0.3 is 18.9 Å². The second-order valence-corrected chi connectivity index (χ2v) is 23.3. The van der Waals surface area contributed by atoms with E-state index in [0.29, 0.717) is 26.4 Å². The summed E-state index contributed by atoms with van der Waals surface area (Å²) >= 11 is 8.08. The Balaban J connectivity index is 1.22. The number of nitrogens with zero attached hydrogens (tertiary/aromatic N) is 4. The van der Waals surface area contributed by atoms with E-state index >= 15 is 0 Å². The predicted molar refractivity (Wildman–Crippen MR) is 343 cm³/mol. The van der Waals surface area contributed by atoms with Crippen LogP contribution in [0.15, 0.2) is 118 Å². The van der Waals surface area contributed by atoms with E-state index in [-0.39, 0.29) is 0 Å². The maximum atomic E-state index is 6.43. The van der Waals surface area contributed by atoms with Crippen LogP contribution >= 0.6 is 31.9 Å². The van der Waals surface area contributed by atoms with Crippen molar-refractivity contribution in [1.82, 2.24) is 19.9 Å². The highest BCUT2D eigenvalue weighted by Gasteiger charge is 2.23. The fraction of sp³-hybridized carbons (Fsp3) is 0.457. The highest BCUT2D eigenvalue weighted by molar-refractivity contribution is 9.11. The van der Waals surface area contributed by atoms with Crippen molar-refractivity contribution in [2.24, 2.45) is 0 Å². The first-order valence-corrected chi connectivity index (χ1v) is 32.2. The van der Waals surface area contributed by atoms with Gasteiger partial charge in [-0.3, -0.25) is 0 Å². The minimum Gasteiger partial charge on any atom is -0.494 e. The largest absolute Gasteiger partial charge is 0.494 e. The molecule has 0 unspecified atom stereocenters. The Kier molecular flexibility index (Phi) is 24.8. The third kappa shape index (κ3) is 17.2. The highest BCUT2D eigenvalue weighted by Crippen LogP contribution is 2.43. The summed E-state index contributed by atoms with van der Waals surface area (Å²) in [7, 11) is 0. The molecule has 0 aliphatic rings. The van der Waals surface area contributed by atoms with Gasteiger partial charge in [0.1, 0.15) is 34.0 Å². The van der Waals surface area contributed by atoms with Gasteiger partial charge >= 0.3 is 0 Å². The van der Waals surface area contributed by atoms with Gasteiger partial charge in [0.15, 0.2) is 0 Å². The van der Waals surface area contributed by atoms with Crippen LogP contribution in [0, 0.1) is 0 Å². The molecule has 424 valence electrons. The summed E-state index contributed by atoms with van der Waals surface area (Å²) in [4.78, 5) is 22.4. The van der Waals surface area contributed by atoms with Gasteiger partial charge in [-0.1, -0.05) is 205 Å². The smallest absolute Gasteiger partial charge is 0.119 e. The van der Waals surface area contributed by atoms with Gasteiger partial charge in [-0.25, -0.2) is 19.9 Å². The lowest BCUT2D eigenvalue weighted by Crippen LogP contribution is -2.02. The normalized spacial score (nSPS) is 11.5. The fourth-order valence-electron chi connectivity index (χ4n) is 10.5. The van der Waals surface area contributed by atoms with Gasteiger partial charge in [0.2, 0.25) is 0 Å². The summed E-state index contributed by atoms with van der Waals surface area (Å²) in [6.45, 7) is 11.7. The minimum absolute atomic E-state index is 0.669. The molecule has 0 saturated carbocycles. The van der Waals surface area contributed by atoms with E-state index in [1.54, 1.807) is 0 Å². The van der Waals surface area contributed by atoms with Gasteiger partial charge in [0.25, 0.3) is 0 Å². The molecule has 0 spiro atoms. The summed E-state index contributed by atoms with van der Waals surface area (Å²) in [5.41, 5.74) is 9.72. The number of hydrogen-bond donors (Lipinski definition) is 0. The van der Waals surface area contributed by atoms with E-state index in [4.69, 9.17) is 38.9 Å². The van der Waals surface area contributed by atoms with Gasteiger partial charge in [-0.15, -0.1) is 0 Å². The molecular weight excluding hydrogens is 1120 g/mol. The summed E-state index contributed by atoms with van der Waals surface area (Å²) in [6, 6.07) is 37.6. The molecule has 0 fully saturated rings. The first-order valence-electron chi connectivity index (χ1n) is 30.7. The van der Waals surface area contributed by atoms with Gasteiger partial charge in [0.05, 0.1) is 60.2 Å². The van der Waals surface area contributed by atoms with Gasteiger partial charge in [-0.2, -0.15) is 0 Å². The Bertz CT molecular complexity index is 2990. The van der Waals surface area contributed by atoms with Crippen LogP contribution in [0.5, 0.6) is 23.0 Å². The van der Waals surface area contributed by atoms with Crippen LogP contribution in [0.1, 0.15) is 182 Å². The van der Waals surface area contributed by atoms with Crippen LogP contribution < -0.4 is 18.9 Å². The van der Waals surface area contributed by atoms with Crippen molar-refractivity contribution in [3.8, 4) is 68.0 Å². The lowest BCUT2D eigenvalue weighted by molar-refractivity contribution is 0.304. The number of fused-ring (bicyclic) bond motifs is 5. The summed E-state index contributed by atoms with van der Waals surface area (Å²) in [5, 5.41) is 1.81. The topological polar surface area (TPSA) is 88.5 Å². The molecule has 0 aliphatic heterocycles. The number of ether oxygens (including phenoxy) is 4. The van der Waals surface area contributed by atoms with E-state index in [9.17, 15) is 0 Å². The maximum absolute atomic E-state index is 6.43. The summed E-state index contributed by atoms with van der Waals surface area (Å²) < 4.78 is 27.3. The zero-order valence-corrected chi connectivity index (χ0v) is 51.5. The van der Waals surface area contributed by atoms with Crippen LogP contribution in [0.25, 0.3) is 77.9 Å². The molecule has 0 aliphatic carbocycles. The molecule has 8 aromatic rings. The zero-order valence-electron chi connectivity index (χ0n) is 48.4. The van der Waals surface area contributed by atoms with Crippen molar-refractivity contribution < 1.29 is 18.9 Å². The van der Waals surface area contributed by atoms with Gasteiger partial charge in [-0.05, 0) is 118 Å². The number of unbranched alkanes of at least 4 members (excludes halogenated alkanes) is 20. The van der Waals surface area contributed by atoms with Crippen molar-refractivity contribution in [1.29, 1.82) is 0 Å². The lowest BCUT2D eigenvalue weighted by Gasteiger charge is -2.17. The van der Waals surface area contributed by atoms with Crippen LogP contribution in [0.4, 0.5) is 0 Å². The first-order chi connectivity index (χ1) is 39.4. The fourth-order valence-corrected chi connectivity index (χ4v) is 11.6. The number of rotatable bonds is 36. The molecule has 0 saturated heterocycles. The van der Waals surface area contributed by atoms with Crippen molar-refractivity contribution in [3.63, 3.8) is 0 Å². The minimum atomic E-state index is 0.669. The Hall–Kier alpha value is -5.58. The summed E-state index contributed by atoms with van der Waals surface area (Å²) in [5.74, 6) is 3.28. The molecule has 0 atom stereocenters. The molecule has 8 nitrogen and oxygen atoms in total. The van der Waals surface area contributed by atoms with Crippen molar-refractivity contribution in [3.05, 3.63) is 118 Å². The highest BCUT2D eigenvalue weighted by atomic mass is 79.9. The third-order valence-electron chi connectivity index (χ3n) is 15.1. The van der Waals surface area contributed by atoms with Crippen LogP contribution in [-0.2, 0) is 0 Å². The monoisotopic (exact) mass is 1200 g/mol. The van der Waals surface area contributed by atoms with Crippen LogP contribution in [0.2, 0.25) is 0 Å². The summed E-state index contributed by atoms with van der Waals surface area (Å²) in [6.07, 6.45) is 29.0. The third-order valence-corrected chi connectivity index (χ3v) is 16.3. The second-order valence-electron chi connectivity index (χ2n) is 21.6. The van der Waals surface area contributed by atoms with E-state index in [2.05, 4.69) is 144 Å². The average molecular weight is 1210 g/mol. The molecule has 6 aromatic carbocycles. The number of halogens is 2. The SMILES string of the molecule is CCCCCCCCOc1cccc(-c2nc3c(Br)cc4c(cc(Br)c5nc(-c6cccc(OCCCCCCCC)c6)c(-c6cccc(OCCCCCCCC)c6)nc54)c3nc2-c2cccc(OCCCCCCCC)c2)c1. The molecule has 0 N–H and O–H groups in total. The van der Waals surface area contributed by atoms with E-state index in [0.717, 1.165) is 148 Å². The Morgan fingerprint density at radius 2 is 0.525 bits per heavy atom. The van der Waals surface area contributed by atoms with Crippen LogP contribution in [-0.4, -0.2) is 46.4 Å². The lowest BCUT2D eigenvalue weighted by atomic mass is 10.00. The van der Waals surface area contributed by atoms with Crippen LogP contribution in [0.3, 0.4) is 0 Å². The number of benzene rings is 6. The molecule has 2 heterocycles. The van der Waals surface area contributed by atoms with E-state index in [1.165, 1.54) is 116 Å². The van der Waals surface area contributed by atoms with Gasteiger partial charge in [0, 0.05) is 42.0 Å². The predicted octanol–water partition coefficient (Wildman–Crippen LogP) is 21.9. The molecule has 80 heavy (non-hydrogen) atoms. The molecular formula is C70H86Br2N4O4. The second kappa shape index (κ2) is 32.8. The molecule has 10 heteroatoms. The Morgan fingerprint density at radius 3 is 0.787 bits per heavy atom. The quantitative estimate of drug-likeness (QED) is 0.0283. The first kappa shape index (κ1) is 60.5. The number of hydrogen-bond acceptors (Lipinski definition) is 8. The molecule has 0 amide bonds. The molecule has 0 radical (unpaired) electrons. The number of aromatic nitrogens is 4. The van der Waals surface area contributed by atoms with E-state index < -0.39 is 0 Å². The van der Waals surface area contributed by atoms with Crippen molar-refractivity contribution in [2.45, 2.75) is 182 Å². The standard InChI is InChI=1S/C70H86Br2N4O4/c1-5-9-13-17-21-25-41-77-55-37-29-33-51(45-55)63-65(53-35-31-39-57(47-53)79-43-27-23-19-15-11-7-3)75-69-61(71)50-60-59(67(69)73-63)49-62(72)70-68(60)74-64(52-34-30-38-56(46-52)78-42-26-22-18-14-10-6-2)66(76-70)54-36-32-40-58(48-54)80-44-28-24-20-16-12-8-4/h29-40,45-50H,5-28,41-44H2,1-4H3. The molecule has 0 bridgehead atoms. The van der Waals surface area contributed by atoms with Crippen molar-refractivity contribution >= 4 is 64.7 Å². The maximum Gasteiger partial charge on any atom is 0.119 e. The zero-order chi connectivity index (χ0) is 55.7. The molecule has 8 rings (SSSR count). The van der Waals surface area contributed by atoms with Crippen molar-refractivity contribution in [2.75, 3.05) is 26.4 Å². The van der Waals surface area contributed by atoms with E-state index in [1.807, 2.05) is 24.3 Å².